The molecule has 26 heavy (non-hydrogen) atoms. The van der Waals surface area contributed by atoms with Gasteiger partial charge in [-0.1, -0.05) is 41.4 Å². The van der Waals surface area contributed by atoms with Crippen molar-refractivity contribution in [3.63, 3.8) is 0 Å². The van der Waals surface area contributed by atoms with E-state index in [4.69, 9.17) is 23.2 Å². The van der Waals surface area contributed by atoms with Crippen LogP contribution in [-0.4, -0.2) is 23.3 Å². The molecule has 1 aliphatic heterocycles. The topological polar surface area (TPSA) is 49.4 Å². The Hall–Kier alpha value is -2.30. The van der Waals surface area contributed by atoms with Gasteiger partial charge in [-0.25, -0.2) is 0 Å². The molecule has 0 aromatic heterocycles. The molecular weight excluding hydrogens is 371 g/mol. The van der Waals surface area contributed by atoms with Gasteiger partial charge in [0.05, 0.1) is 10.6 Å². The zero-order valence-electron chi connectivity index (χ0n) is 14.7. The molecular formula is C20H18Cl2N2O2. The van der Waals surface area contributed by atoms with Gasteiger partial charge in [-0.15, -0.1) is 0 Å². The van der Waals surface area contributed by atoms with E-state index in [1.165, 1.54) is 4.90 Å². The van der Waals surface area contributed by atoms with Crippen molar-refractivity contribution in [2.75, 3.05) is 11.9 Å². The fraction of sp³-hybridized carbons (Fsp3) is 0.200. The fourth-order valence-corrected chi connectivity index (χ4v) is 3.43. The number of amides is 2. The van der Waals surface area contributed by atoms with Crippen LogP contribution < -0.4 is 5.32 Å². The number of rotatable bonds is 4. The Kier molecular flexibility index (Phi) is 5.08. The highest BCUT2D eigenvalue weighted by Crippen LogP contribution is 2.35. The Morgan fingerprint density at radius 2 is 1.73 bits per heavy atom. The van der Waals surface area contributed by atoms with E-state index < -0.39 is 0 Å². The number of hydrogen-bond donors (Lipinski definition) is 1. The summed E-state index contributed by atoms with van der Waals surface area (Å²) in [6.07, 6.45) is 0. The molecule has 2 amide bonds. The highest BCUT2D eigenvalue weighted by atomic mass is 35.5. The van der Waals surface area contributed by atoms with Crippen LogP contribution in [0.15, 0.2) is 42.1 Å². The summed E-state index contributed by atoms with van der Waals surface area (Å²) in [5.74, 6) is -0.728. The Morgan fingerprint density at radius 3 is 2.38 bits per heavy atom. The molecule has 1 aliphatic rings. The first-order valence-corrected chi connectivity index (χ1v) is 8.99. The number of aryl methyl sites for hydroxylation is 2. The molecule has 1 N–H and O–H groups in total. The first kappa shape index (κ1) is 18.5. The summed E-state index contributed by atoms with van der Waals surface area (Å²) < 4.78 is 0. The second-order valence-corrected chi connectivity index (χ2v) is 7.02. The largest absolute Gasteiger partial charge is 0.350 e. The molecule has 0 spiro atoms. The number of nitrogens with zero attached hydrogens (tertiary/aromatic N) is 1. The quantitative estimate of drug-likeness (QED) is 0.763. The number of benzene rings is 2. The molecule has 134 valence electrons. The number of carbonyl (C=O) groups is 2. The van der Waals surface area contributed by atoms with Crippen molar-refractivity contribution in [1.82, 2.24) is 4.90 Å². The number of nitrogens with one attached hydrogen (secondary N) is 1. The lowest BCUT2D eigenvalue weighted by molar-refractivity contribution is -0.136. The van der Waals surface area contributed by atoms with Crippen molar-refractivity contribution in [3.8, 4) is 0 Å². The van der Waals surface area contributed by atoms with Gasteiger partial charge in [0.2, 0.25) is 0 Å². The second kappa shape index (κ2) is 7.14. The summed E-state index contributed by atoms with van der Waals surface area (Å²) >= 11 is 12.3. The lowest BCUT2D eigenvalue weighted by Crippen LogP contribution is -2.32. The predicted octanol–water partition coefficient (Wildman–Crippen LogP) is 4.82. The van der Waals surface area contributed by atoms with Crippen LogP contribution in [0.3, 0.4) is 0 Å². The van der Waals surface area contributed by atoms with Gasteiger partial charge in [-0.3, -0.25) is 14.5 Å². The van der Waals surface area contributed by atoms with E-state index in [0.717, 1.165) is 16.8 Å². The molecule has 0 atom stereocenters. The van der Waals surface area contributed by atoms with Gasteiger partial charge in [-0.2, -0.15) is 0 Å². The fourth-order valence-electron chi connectivity index (χ4n) is 2.93. The van der Waals surface area contributed by atoms with Crippen LogP contribution in [0, 0.1) is 13.8 Å². The molecule has 0 aliphatic carbocycles. The van der Waals surface area contributed by atoms with E-state index >= 15 is 0 Å². The van der Waals surface area contributed by atoms with E-state index in [1.807, 2.05) is 32.0 Å². The molecule has 2 aromatic carbocycles. The minimum atomic E-state index is -0.366. The molecule has 1 heterocycles. The van der Waals surface area contributed by atoms with Crippen LogP contribution in [0.25, 0.3) is 5.57 Å². The van der Waals surface area contributed by atoms with Crippen LogP contribution in [0.1, 0.15) is 23.6 Å². The van der Waals surface area contributed by atoms with Gasteiger partial charge < -0.3 is 5.32 Å². The zero-order valence-corrected chi connectivity index (χ0v) is 16.2. The van der Waals surface area contributed by atoms with Crippen LogP contribution in [0.5, 0.6) is 0 Å². The third kappa shape index (κ3) is 3.22. The van der Waals surface area contributed by atoms with E-state index in [2.05, 4.69) is 5.32 Å². The van der Waals surface area contributed by atoms with Crippen molar-refractivity contribution < 1.29 is 9.59 Å². The Balaban J connectivity index is 2.17. The number of halogens is 2. The SMILES string of the molecule is CCN1C(=O)C(Nc2cc(C)ccc2C)=C(c2ccc(Cl)cc2Cl)C1=O. The predicted molar refractivity (Wildman–Crippen MR) is 105 cm³/mol. The number of anilines is 1. The third-order valence-electron chi connectivity index (χ3n) is 4.34. The zero-order chi connectivity index (χ0) is 19.0. The summed E-state index contributed by atoms with van der Waals surface area (Å²) in [7, 11) is 0. The lowest BCUT2D eigenvalue weighted by atomic mass is 10.0. The second-order valence-electron chi connectivity index (χ2n) is 6.17. The highest BCUT2D eigenvalue weighted by Gasteiger charge is 2.39. The molecule has 3 rings (SSSR count). The molecule has 4 nitrogen and oxygen atoms in total. The summed E-state index contributed by atoms with van der Waals surface area (Å²) in [6, 6.07) is 10.8. The van der Waals surface area contributed by atoms with Gasteiger partial charge in [0.25, 0.3) is 11.8 Å². The number of hydrogen-bond acceptors (Lipinski definition) is 3. The number of carbonyl (C=O) groups excluding carboxylic acids is 2. The average molecular weight is 389 g/mol. The summed E-state index contributed by atoms with van der Waals surface area (Å²) in [6.45, 7) is 5.95. The van der Waals surface area contributed by atoms with Crippen molar-refractivity contribution in [1.29, 1.82) is 0 Å². The Labute approximate surface area is 162 Å². The molecule has 0 bridgehead atoms. The van der Waals surface area contributed by atoms with Crippen molar-refractivity contribution in [2.45, 2.75) is 20.8 Å². The molecule has 0 radical (unpaired) electrons. The highest BCUT2D eigenvalue weighted by molar-refractivity contribution is 6.41. The smallest absolute Gasteiger partial charge is 0.278 e. The van der Waals surface area contributed by atoms with Crippen LogP contribution >= 0.6 is 23.2 Å². The molecule has 6 heteroatoms. The Bertz CT molecular complexity index is 951. The number of likely N-dealkylation sites (N-methyl/N-ethyl adjacent to an activating group) is 1. The molecule has 0 saturated heterocycles. The minimum Gasteiger partial charge on any atom is -0.350 e. The maximum absolute atomic E-state index is 12.9. The normalized spacial score (nSPS) is 14.4. The first-order chi connectivity index (χ1) is 12.3. The lowest BCUT2D eigenvalue weighted by Gasteiger charge is -2.13. The summed E-state index contributed by atoms with van der Waals surface area (Å²) in [4.78, 5) is 26.9. The minimum absolute atomic E-state index is 0.231. The first-order valence-electron chi connectivity index (χ1n) is 8.23. The van der Waals surface area contributed by atoms with Crippen LogP contribution in [-0.2, 0) is 9.59 Å². The van der Waals surface area contributed by atoms with Gasteiger partial charge in [0, 0.05) is 22.8 Å². The molecule has 0 unspecified atom stereocenters. The van der Waals surface area contributed by atoms with Crippen LogP contribution in [0.4, 0.5) is 5.69 Å². The standard InChI is InChI=1S/C20H18Cl2N2O2/c1-4-24-19(25)17(14-8-7-13(21)10-15(14)22)18(20(24)26)23-16-9-11(2)5-6-12(16)3/h5-10,23H,4H2,1-3H3. The third-order valence-corrected chi connectivity index (χ3v) is 4.89. The van der Waals surface area contributed by atoms with Gasteiger partial charge in [-0.05, 0) is 50.1 Å². The maximum atomic E-state index is 12.9. The van der Waals surface area contributed by atoms with Crippen molar-refractivity contribution in [2.24, 2.45) is 0 Å². The monoisotopic (exact) mass is 388 g/mol. The summed E-state index contributed by atoms with van der Waals surface area (Å²) in [5, 5.41) is 3.95. The Morgan fingerprint density at radius 1 is 1.00 bits per heavy atom. The van der Waals surface area contributed by atoms with Gasteiger partial charge in [0.15, 0.2) is 0 Å². The summed E-state index contributed by atoms with van der Waals surface area (Å²) in [5.41, 5.74) is 3.78. The van der Waals surface area contributed by atoms with Crippen molar-refractivity contribution in [3.05, 3.63) is 68.8 Å². The molecule has 0 fully saturated rings. The van der Waals surface area contributed by atoms with Gasteiger partial charge in [0.1, 0.15) is 5.70 Å². The van der Waals surface area contributed by atoms with E-state index in [0.29, 0.717) is 15.6 Å². The maximum Gasteiger partial charge on any atom is 0.278 e. The molecule has 0 saturated carbocycles. The van der Waals surface area contributed by atoms with E-state index in [1.54, 1.807) is 25.1 Å². The van der Waals surface area contributed by atoms with E-state index in [-0.39, 0.29) is 29.6 Å². The molecule has 2 aromatic rings. The number of imide groups is 1. The van der Waals surface area contributed by atoms with Crippen molar-refractivity contribution >= 4 is 46.3 Å². The van der Waals surface area contributed by atoms with E-state index in [9.17, 15) is 9.59 Å². The average Bonchev–Trinajstić information content (AvgIpc) is 2.81. The van der Waals surface area contributed by atoms with Gasteiger partial charge >= 0.3 is 0 Å². The van der Waals surface area contributed by atoms with Crippen LogP contribution in [0.2, 0.25) is 10.0 Å².